The van der Waals surface area contributed by atoms with E-state index in [1.165, 1.54) is 12.1 Å². The summed E-state index contributed by atoms with van der Waals surface area (Å²) in [5.74, 6) is -0.0705. The van der Waals surface area contributed by atoms with E-state index in [4.69, 9.17) is 10.5 Å². The molecule has 1 fully saturated rings. The summed E-state index contributed by atoms with van der Waals surface area (Å²) in [6.45, 7) is 0. The van der Waals surface area contributed by atoms with Gasteiger partial charge in [0, 0.05) is 23.7 Å². The van der Waals surface area contributed by atoms with E-state index in [0.717, 1.165) is 12.8 Å². The monoisotopic (exact) mass is 335 g/mol. The second-order valence-corrected chi connectivity index (χ2v) is 8.00. The van der Waals surface area contributed by atoms with Crippen LogP contribution < -0.4 is 10.5 Å². The minimum absolute atomic E-state index is 0.0705. The number of benzene rings is 1. The number of ether oxygens (including phenoxy) is 1. The van der Waals surface area contributed by atoms with Gasteiger partial charge in [-0.25, -0.2) is 8.42 Å². The molecule has 1 heterocycles. The Morgan fingerprint density at radius 3 is 2.41 bits per heavy atom. The number of hydrogen-bond donors (Lipinski definition) is 1. The average Bonchev–Trinajstić information content (AvgIpc) is 3.05. The number of nitrogens with two attached hydrogens (primary N) is 1. The number of anilines is 1. The van der Waals surface area contributed by atoms with E-state index in [1.54, 1.807) is 0 Å². The zero-order chi connectivity index (χ0) is 16.1. The molecule has 1 atom stereocenters. The Labute approximate surface area is 126 Å². The largest absolute Gasteiger partial charge is 0.480 e. The molecular weight excluding hydrogens is 319 g/mol. The Kier molecular flexibility index (Phi) is 3.54. The first-order valence-corrected chi connectivity index (χ1v) is 8.64. The lowest BCUT2D eigenvalue weighted by molar-refractivity contribution is -0.189. The molecule has 0 radical (unpaired) electrons. The van der Waals surface area contributed by atoms with Crippen LogP contribution >= 0.6 is 0 Å². The van der Waals surface area contributed by atoms with Crippen LogP contribution in [0.1, 0.15) is 31.2 Å². The van der Waals surface area contributed by atoms with Crippen molar-refractivity contribution in [1.29, 1.82) is 0 Å². The number of hydrogen-bond acceptors (Lipinski definition) is 4. The number of nitrogen functional groups attached to an aromatic ring is 1. The molecule has 0 saturated heterocycles. The first-order valence-electron chi connectivity index (χ1n) is 7.09. The molecule has 0 bridgehead atoms. The number of sulfone groups is 1. The smallest absolute Gasteiger partial charge is 0.425 e. The van der Waals surface area contributed by atoms with E-state index in [1.807, 2.05) is 0 Å². The van der Waals surface area contributed by atoms with Crippen molar-refractivity contribution in [3.63, 3.8) is 0 Å². The third kappa shape index (κ3) is 2.53. The Morgan fingerprint density at radius 2 is 1.82 bits per heavy atom. The second-order valence-electron chi connectivity index (χ2n) is 5.80. The topological polar surface area (TPSA) is 69.4 Å². The van der Waals surface area contributed by atoms with Gasteiger partial charge in [-0.15, -0.1) is 0 Å². The fourth-order valence-electron chi connectivity index (χ4n) is 3.14. The summed E-state index contributed by atoms with van der Waals surface area (Å²) >= 11 is 0. The predicted molar refractivity (Wildman–Crippen MR) is 74.5 cm³/mol. The second kappa shape index (κ2) is 5.04. The van der Waals surface area contributed by atoms with Crippen molar-refractivity contribution in [2.24, 2.45) is 0 Å². The minimum atomic E-state index is -4.54. The van der Waals surface area contributed by atoms with Crippen molar-refractivity contribution < 1.29 is 26.3 Å². The molecule has 0 aromatic heterocycles. The molecule has 4 nitrogen and oxygen atoms in total. The van der Waals surface area contributed by atoms with Crippen LogP contribution in [0, 0.1) is 0 Å². The highest BCUT2D eigenvalue weighted by Gasteiger charge is 2.47. The van der Waals surface area contributed by atoms with Gasteiger partial charge in [-0.05, 0) is 18.9 Å². The number of halogens is 3. The summed E-state index contributed by atoms with van der Waals surface area (Å²) < 4.78 is 68.9. The van der Waals surface area contributed by atoms with Crippen molar-refractivity contribution >= 4 is 15.5 Å². The first kappa shape index (κ1) is 15.5. The Hall–Kier alpha value is -1.44. The van der Waals surface area contributed by atoms with Crippen molar-refractivity contribution in [2.45, 2.75) is 54.5 Å². The Balaban J connectivity index is 2.05. The molecule has 3 rings (SSSR count). The third-order valence-electron chi connectivity index (χ3n) is 4.26. The summed E-state index contributed by atoms with van der Waals surface area (Å²) in [6, 6.07) is 2.52. The van der Waals surface area contributed by atoms with Gasteiger partial charge in [0.1, 0.15) is 5.75 Å². The van der Waals surface area contributed by atoms with Crippen LogP contribution in [0.5, 0.6) is 5.75 Å². The van der Waals surface area contributed by atoms with Crippen molar-refractivity contribution in [3.8, 4) is 5.75 Å². The fourth-order valence-corrected chi connectivity index (χ4v) is 5.28. The maximum absolute atomic E-state index is 12.8. The molecule has 1 saturated carbocycles. The van der Waals surface area contributed by atoms with Gasteiger partial charge in [0.25, 0.3) is 0 Å². The van der Waals surface area contributed by atoms with E-state index >= 15 is 0 Å². The quantitative estimate of drug-likeness (QED) is 0.844. The van der Waals surface area contributed by atoms with Gasteiger partial charge in [-0.1, -0.05) is 12.8 Å². The molecule has 1 aromatic rings. The molecule has 1 unspecified atom stereocenters. The standard InChI is InChI=1S/C14H16F3NO3S/c15-14(16,17)13-7-10-11(21-13)5-8(18)6-12(10)22(19,20)9-3-1-2-4-9/h5-6,9,13H,1-4,7,18H2. The highest BCUT2D eigenvalue weighted by atomic mass is 32.2. The summed E-state index contributed by atoms with van der Waals surface area (Å²) in [6.07, 6.45) is -4.33. The number of alkyl halides is 3. The zero-order valence-corrected chi connectivity index (χ0v) is 12.5. The van der Waals surface area contributed by atoms with Crippen molar-refractivity contribution in [1.82, 2.24) is 0 Å². The highest BCUT2D eigenvalue weighted by molar-refractivity contribution is 7.92. The molecule has 0 amide bonds. The highest BCUT2D eigenvalue weighted by Crippen LogP contribution is 2.43. The Bertz CT molecular complexity index is 694. The minimum Gasteiger partial charge on any atom is -0.480 e. The van der Waals surface area contributed by atoms with Crippen LogP contribution in [0.2, 0.25) is 0 Å². The van der Waals surface area contributed by atoms with Gasteiger partial charge >= 0.3 is 6.18 Å². The predicted octanol–water partition coefficient (Wildman–Crippen LogP) is 2.85. The molecule has 1 aliphatic carbocycles. The van der Waals surface area contributed by atoms with E-state index < -0.39 is 33.8 Å². The van der Waals surface area contributed by atoms with Crippen LogP contribution in [0.4, 0.5) is 18.9 Å². The van der Waals surface area contributed by atoms with E-state index in [0.29, 0.717) is 12.8 Å². The number of fused-ring (bicyclic) bond motifs is 1. The lowest BCUT2D eigenvalue weighted by Crippen LogP contribution is -2.32. The van der Waals surface area contributed by atoms with E-state index in [-0.39, 0.29) is 21.9 Å². The average molecular weight is 335 g/mol. The maximum atomic E-state index is 12.8. The summed E-state index contributed by atoms with van der Waals surface area (Å²) in [5.41, 5.74) is 5.85. The third-order valence-corrected chi connectivity index (χ3v) is 6.59. The van der Waals surface area contributed by atoms with Gasteiger partial charge in [0.2, 0.25) is 0 Å². The molecule has 122 valence electrons. The van der Waals surface area contributed by atoms with Crippen LogP contribution in [-0.4, -0.2) is 25.9 Å². The van der Waals surface area contributed by atoms with Gasteiger partial charge in [-0.3, -0.25) is 0 Å². The Morgan fingerprint density at radius 1 is 1.18 bits per heavy atom. The molecule has 2 N–H and O–H groups in total. The van der Waals surface area contributed by atoms with Crippen molar-refractivity contribution in [3.05, 3.63) is 17.7 Å². The normalized spacial score (nSPS) is 22.6. The molecule has 1 aliphatic heterocycles. The molecule has 2 aliphatic rings. The van der Waals surface area contributed by atoms with Gasteiger partial charge in [0.15, 0.2) is 15.9 Å². The first-order chi connectivity index (χ1) is 10.2. The van der Waals surface area contributed by atoms with Crippen LogP contribution in [-0.2, 0) is 16.3 Å². The van der Waals surface area contributed by atoms with E-state index in [9.17, 15) is 21.6 Å². The van der Waals surface area contributed by atoms with Crippen LogP contribution in [0.15, 0.2) is 17.0 Å². The summed E-state index contributed by atoms with van der Waals surface area (Å²) in [5, 5.41) is -0.539. The van der Waals surface area contributed by atoms with Gasteiger partial charge < -0.3 is 10.5 Å². The summed E-state index contributed by atoms with van der Waals surface area (Å²) in [4.78, 5) is -0.0962. The zero-order valence-electron chi connectivity index (χ0n) is 11.7. The molecule has 22 heavy (non-hydrogen) atoms. The summed E-state index contributed by atoms with van der Waals surface area (Å²) in [7, 11) is -3.68. The van der Waals surface area contributed by atoms with Gasteiger partial charge in [-0.2, -0.15) is 13.2 Å². The van der Waals surface area contributed by atoms with Crippen LogP contribution in [0.3, 0.4) is 0 Å². The molecule has 8 heteroatoms. The lowest BCUT2D eigenvalue weighted by Gasteiger charge is -2.14. The van der Waals surface area contributed by atoms with Crippen LogP contribution in [0.25, 0.3) is 0 Å². The number of rotatable bonds is 2. The van der Waals surface area contributed by atoms with E-state index in [2.05, 4.69) is 0 Å². The lowest BCUT2D eigenvalue weighted by atomic mass is 10.1. The fraction of sp³-hybridized carbons (Fsp3) is 0.571. The molecule has 0 spiro atoms. The van der Waals surface area contributed by atoms with Crippen molar-refractivity contribution in [2.75, 3.05) is 5.73 Å². The maximum Gasteiger partial charge on any atom is 0.425 e. The van der Waals surface area contributed by atoms with Gasteiger partial charge in [0.05, 0.1) is 10.1 Å². The molecule has 1 aromatic carbocycles. The molecular formula is C14H16F3NO3S. The SMILES string of the molecule is Nc1cc2c(c(S(=O)(=O)C3CCCC3)c1)CC(C(F)(F)F)O2.